The zero-order valence-electron chi connectivity index (χ0n) is 8.20. The number of hydrogen-bond acceptors (Lipinski definition) is 1. The Morgan fingerprint density at radius 2 is 1.92 bits per heavy atom. The highest BCUT2D eigenvalue weighted by atomic mass is 14.7. The van der Waals surface area contributed by atoms with Gasteiger partial charge in [0.25, 0.3) is 0 Å². The Hall–Kier alpha value is -1.37. The number of allylic oxidation sites excluding steroid dienone is 2. The Balaban J connectivity index is 0.000000396. The van der Waals surface area contributed by atoms with Gasteiger partial charge in [-0.2, -0.15) is 0 Å². The first kappa shape index (κ1) is 9.72. The fourth-order valence-electron chi connectivity index (χ4n) is 1.19. The van der Waals surface area contributed by atoms with E-state index in [9.17, 15) is 0 Å². The van der Waals surface area contributed by atoms with Crippen molar-refractivity contribution in [2.75, 3.05) is 0 Å². The molecule has 0 unspecified atom stereocenters. The monoisotopic (exact) mass is 173 g/mol. The normalized spacial score (nSPS) is 12.5. The fourth-order valence-corrected chi connectivity index (χ4v) is 1.19. The Bertz CT molecular complexity index is 311. The second kappa shape index (κ2) is 5.31. The molecular weight excluding hydrogens is 158 g/mol. The van der Waals surface area contributed by atoms with Crippen LogP contribution < -0.4 is 0 Å². The number of fused-ring (bicyclic) bond motifs is 1. The summed E-state index contributed by atoms with van der Waals surface area (Å²) in [5, 5.41) is 0. The number of aliphatic imine (C=N–C) groups is 1. The predicted molar refractivity (Wildman–Crippen MR) is 58.8 cm³/mol. The Morgan fingerprint density at radius 3 is 2.77 bits per heavy atom. The molecule has 1 aliphatic rings. The fraction of sp³-hybridized carbons (Fsp3) is 0.250. The van der Waals surface area contributed by atoms with Gasteiger partial charge < -0.3 is 0 Å². The van der Waals surface area contributed by atoms with Crippen LogP contribution in [0.1, 0.15) is 19.4 Å². The topological polar surface area (TPSA) is 12.4 Å². The van der Waals surface area contributed by atoms with Gasteiger partial charge >= 0.3 is 0 Å². The van der Waals surface area contributed by atoms with Gasteiger partial charge in [-0.3, -0.25) is 4.99 Å². The molecule has 1 aliphatic heterocycles. The summed E-state index contributed by atoms with van der Waals surface area (Å²) in [6, 6.07) is 8.22. The quantitative estimate of drug-likeness (QED) is 0.569. The van der Waals surface area contributed by atoms with Crippen molar-refractivity contribution in [2.45, 2.75) is 20.3 Å². The van der Waals surface area contributed by atoms with Crippen LogP contribution in [0, 0.1) is 0 Å². The maximum atomic E-state index is 4.27. The van der Waals surface area contributed by atoms with E-state index in [1.165, 1.54) is 5.56 Å². The summed E-state index contributed by atoms with van der Waals surface area (Å²) in [6.45, 7) is 4.00. The lowest BCUT2D eigenvalue weighted by atomic mass is 10.1. The third-order valence-electron chi connectivity index (χ3n) is 1.77. The van der Waals surface area contributed by atoms with Gasteiger partial charge in [0.2, 0.25) is 0 Å². The van der Waals surface area contributed by atoms with E-state index in [0.717, 1.165) is 12.1 Å². The Kier molecular flexibility index (Phi) is 3.97. The van der Waals surface area contributed by atoms with Crippen molar-refractivity contribution >= 4 is 11.9 Å². The average molecular weight is 173 g/mol. The zero-order valence-corrected chi connectivity index (χ0v) is 8.20. The van der Waals surface area contributed by atoms with Crippen molar-refractivity contribution < 1.29 is 0 Å². The van der Waals surface area contributed by atoms with Gasteiger partial charge in [0, 0.05) is 6.21 Å². The van der Waals surface area contributed by atoms with Crippen LogP contribution in [-0.2, 0) is 6.42 Å². The largest absolute Gasteiger partial charge is 0.257 e. The highest BCUT2D eigenvalue weighted by Crippen LogP contribution is 2.20. The molecule has 0 N–H and O–H groups in total. The van der Waals surface area contributed by atoms with E-state index in [-0.39, 0.29) is 0 Å². The minimum atomic E-state index is 0.996. The second-order valence-corrected chi connectivity index (χ2v) is 2.54. The van der Waals surface area contributed by atoms with Gasteiger partial charge in [0.05, 0.1) is 5.69 Å². The van der Waals surface area contributed by atoms with E-state index in [1.807, 2.05) is 44.3 Å². The third-order valence-corrected chi connectivity index (χ3v) is 1.77. The van der Waals surface area contributed by atoms with Crippen LogP contribution in [0.2, 0.25) is 0 Å². The summed E-state index contributed by atoms with van der Waals surface area (Å²) in [6.07, 6.45) is 6.94. The van der Waals surface area contributed by atoms with Crippen molar-refractivity contribution in [1.82, 2.24) is 0 Å². The van der Waals surface area contributed by atoms with Crippen molar-refractivity contribution in [3.8, 4) is 0 Å². The number of para-hydroxylation sites is 1. The first-order chi connectivity index (χ1) is 6.47. The molecule has 0 aliphatic carbocycles. The van der Waals surface area contributed by atoms with Crippen molar-refractivity contribution in [2.24, 2.45) is 4.99 Å². The Labute approximate surface area is 79.8 Å². The highest BCUT2D eigenvalue weighted by molar-refractivity contribution is 5.76. The summed E-state index contributed by atoms with van der Waals surface area (Å²) in [7, 11) is 0. The van der Waals surface area contributed by atoms with E-state index < -0.39 is 0 Å². The van der Waals surface area contributed by atoms with Crippen LogP contribution in [0.4, 0.5) is 5.69 Å². The molecule has 1 heterocycles. The molecule has 1 aromatic rings. The number of hydrogen-bond donors (Lipinski definition) is 0. The van der Waals surface area contributed by atoms with Gasteiger partial charge in [0.15, 0.2) is 0 Å². The smallest absolute Gasteiger partial charge is 0.0664 e. The molecule has 0 saturated heterocycles. The van der Waals surface area contributed by atoms with E-state index >= 15 is 0 Å². The van der Waals surface area contributed by atoms with Gasteiger partial charge in [-0.05, 0) is 24.1 Å². The molecule has 1 nitrogen and oxygen atoms in total. The minimum absolute atomic E-state index is 0.996. The lowest BCUT2D eigenvalue weighted by molar-refractivity contribution is 1.27. The molecule has 0 radical (unpaired) electrons. The molecule has 0 atom stereocenters. The maximum absolute atomic E-state index is 4.27. The summed E-state index contributed by atoms with van der Waals surface area (Å²) in [4.78, 5) is 4.27. The van der Waals surface area contributed by atoms with Crippen LogP contribution in [0.15, 0.2) is 41.4 Å². The number of rotatable bonds is 0. The number of nitrogens with zero attached hydrogens (tertiary/aromatic N) is 1. The molecule has 13 heavy (non-hydrogen) atoms. The first-order valence-electron chi connectivity index (χ1n) is 4.74. The molecule has 0 spiro atoms. The van der Waals surface area contributed by atoms with Crippen LogP contribution in [0.5, 0.6) is 0 Å². The van der Waals surface area contributed by atoms with Crippen LogP contribution in [0.25, 0.3) is 0 Å². The Morgan fingerprint density at radius 1 is 1.15 bits per heavy atom. The lowest BCUT2D eigenvalue weighted by Crippen LogP contribution is -1.78. The maximum Gasteiger partial charge on any atom is 0.0664 e. The summed E-state index contributed by atoms with van der Waals surface area (Å²) >= 11 is 0. The van der Waals surface area contributed by atoms with Crippen molar-refractivity contribution in [3.63, 3.8) is 0 Å². The summed E-state index contributed by atoms with van der Waals surface area (Å²) < 4.78 is 0. The van der Waals surface area contributed by atoms with Crippen LogP contribution in [-0.4, -0.2) is 6.21 Å². The molecule has 1 aromatic carbocycles. The van der Waals surface area contributed by atoms with E-state index in [1.54, 1.807) is 0 Å². The second-order valence-electron chi connectivity index (χ2n) is 2.54. The van der Waals surface area contributed by atoms with Crippen LogP contribution >= 0.6 is 0 Å². The van der Waals surface area contributed by atoms with E-state index in [2.05, 4.69) is 17.1 Å². The van der Waals surface area contributed by atoms with Gasteiger partial charge in [-0.1, -0.05) is 38.1 Å². The van der Waals surface area contributed by atoms with Gasteiger partial charge in [-0.25, -0.2) is 0 Å². The molecule has 1 heteroatoms. The number of benzene rings is 1. The lowest BCUT2D eigenvalue weighted by Gasteiger charge is -1.98. The molecule has 0 aromatic heterocycles. The molecule has 2 rings (SSSR count). The first-order valence-corrected chi connectivity index (χ1v) is 4.74. The van der Waals surface area contributed by atoms with Crippen molar-refractivity contribution in [1.29, 1.82) is 0 Å². The van der Waals surface area contributed by atoms with Gasteiger partial charge in [-0.15, -0.1) is 0 Å². The molecule has 0 fully saturated rings. The van der Waals surface area contributed by atoms with Gasteiger partial charge in [0.1, 0.15) is 0 Å². The summed E-state index contributed by atoms with van der Waals surface area (Å²) in [5.41, 5.74) is 2.40. The average Bonchev–Trinajstić information content (AvgIpc) is 2.45. The molecule has 0 bridgehead atoms. The van der Waals surface area contributed by atoms with Crippen molar-refractivity contribution in [3.05, 3.63) is 42.0 Å². The minimum Gasteiger partial charge on any atom is -0.257 e. The zero-order chi connectivity index (χ0) is 9.52. The SMILES string of the molecule is C1=CCc2ccccc2N=C1.CC. The standard InChI is InChI=1S/C10H9N.C2H6/c1-2-7-10-9(5-1)6-3-4-8-11-10;1-2/h1-5,7-8H,6H2;1-2H3. The highest BCUT2D eigenvalue weighted by Gasteiger charge is 1.97. The predicted octanol–water partition coefficient (Wildman–Crippen LogP) is 3.53. The molecule has 0 saturated carbocycles. The molecule has 68 valence electrons. The molecular formula is C12H15N. The van der Waals surface area contributed by atoms with E-state index in [4.69, 9.17) is 0 Å². The summed E-state index contributed by atoms with van der Waals surface area (Å²) in [5.74, 6) is 0. The molecule has 0 amide bonds. The van der Waals surface area contributed by atoms with Crippen LogP contribution in [0.3, 0.4) is 0 Å². The van der Waals surface area contributed by atoms with E-state index in [0.29, 0.717) is 0 Å². The third kappa shape index (κ3) is 2.55.